The van der Waals surface area contributed by atoms with E-state index in [0.29, 0.717) is 29.8 Å². The molecule has 1 atom stereocenters. The van der Waals surface area contributed by atoms with Crippen LogP contribution in [0.15, 0.2) is 24.3 Å². The first-order chi connectivity index (χ1) is 9.13. The van der Waals surface area contributed by atoms with Gasteiger partial charge in [-0.3, -0.25) is 4.55 Å². The van der Waals surface area contributed by atoms with E-state index in [2.05, 4.69) is 0 Å². The van der Waals surface area contributed by atoms with Crippen molar-refractivity contribution in [2.45, 2.75) is 39.2 Å². The highest BCUT2D eigenvalue weighted by molar-refractivity contribution is 7.85. The monoisotopic (exact) mass is 320 g/mol. The predicted octanol–water partition coefficient (Wildman–Crippen LogP) is 3.46. The Bertz CT molecular complexity index is 540. The molecule has 0 saturated heterocycles. The molecular formula is C14H21ClO4S. The molecule has 0 bridgehead atoms. The molecule has 1 unspecified atom stereocenters. The van der Waals surface area contributed by atoms with Gasteiger partial charge in [0, 0.05) is 5.02 Å². The molecule has 0 amide bonds. The molecule has 2 N–H and O–H groups in total. The molecule has 0 saturated carbocycles. The highest BCUT2D eigenvalue weighted by atomic mass is 35.5. The Kier molecular flexibility index (Phi) is 6.01. The number of halogens is 1. The standard InChI is InChI=1S/C14H21ClO4S/c1-14(2,9-5-6-10-20(17,18)19)13(16)11-7-3-4-8-12(11)15/h3-4,7-8,13,16H,5-6,9-10H2,1-2H3,(H,17,18,19). The lowest BCUT2D eigenvalue weighted by atomic mass is 9.78. The zero-order valence-corrected chi connectivity index (χ0v) is 13.3. The van der Waals surface area contributed by atoms with Crippen LogP contribution in [-0.2, 0) is 10.1 Å². The Balaban J connectivity index is 2.62. The first-order valence-electron chi connectivity index (χ1n) is 6.51. The third-order valence-corrected chi connectivity index (χ3v) is 4.56. The van der Waals surface area contributed by atoms with Gasteiger partial charge in [0.25, 0.3) is 10.1 Å². The third kappa shape index (κ3) is 5.40. The first-order valence-corrected chi connectivity index (χ1v) is 8.50. The zero-order chi connectivity index (χ0) is 15.4. The fraction of sp³-hybridized carbons (Fsp3) is 0.571. The van der Waals surface area contributed by atoms with Crippen molar-refractivity contribution in [3.63, 3.8) is 0 Å². The van der Waals surface area contributed by atoms with Crippen LogP contribution in [0.2, 0.25) is 5.02 Å². The molecule has 1 rings (SSSR count). The summed E-state index contributed by atoms with van der Waals surface area (Å²) in [5.41, 5.74) is 0.249. The molecule has 0 aromatic heterocycles. The lowest BCUT2D eigenvalue weighted by Gasteiger charge is -2.31. The van der Waals surface area contributed by atoms with E-state index in [0.717, 1.165) is 0 Å². The molecular weight excluding hydrogens is 300 g/mol. The molecule has 0 aliphatic heterocycles. The highest BCUT2D eigenvalue weighted by Gasteiger charge is 2.29. The Morgan fingerprint density at radius 1 is 1.25 bits per heavy atom. The third-order valence-electron chi connectivity index (χ3n) is 3.41. The predicted molar refractivity (Wildman–Crippen MR) is 80.5 cm³/mol. The van der Waals surface area contributed by atoms with Gasteiger partial charge in [0.2, 0.25) is 0 Å². The second kappa shape index (κ2) is 6.89. The van der Waals surface area contributed by atoms with E-state index in [1.807, 2.05) is 19.9 Å². The summed E-state index contributed by atoms with van der Waals surface area (Å²) in [6, 6.07) is 7.14. The van der Waals surface area contributed by atoms with Crippen molar-refractivity contribution < 1.29 is 18.1 Å². The summed E-state index contributed by atoms with van der Waals surface area (Å²) >= 11 is 6.07. The lowest BCUT2D eigenvalue weighted by molar-refractivity contribution is 0.0415. The van der Waals surface area contributed by atoms with Gasteiger partial charge in [-0.2, -0.15) is 8.42 Å². The molecule has 1 aromatic carbocycles. The molecule has 20 heavy (non-hydrogen) atoms. The first kappa shape index (κ1) is 17.4. The quantitative estimate of drug-likeness (QED) is 0.596. The summed E-state index contributed by atoms with van der Waals surface area (Å²) in [5, 5.41) is 11.0. The van der Waals surface area contributed by atoms with Crippen molar-refractivity contribution in [3.8, 4) is 0 Å². The fourth-order valence-electron chi connectivity index (χ4n) is 2.12. The van der Waals surface area contributed by atoms with Crippen LogP contribution in [0.4, 0.5) is 0 Å². The van der Waals surface area contributed by atoms with Gasteiger partial charge >= 0.3 is 0 Å². The Morgan fingerprint density at radius 3 is 2.40 bits per heavy atom. The zero-order valence-electron chi connectivity index (χ0n) is 11.7. The largest absolute Gasteiger partial charge is 0.388 e. The maximum absolute atomic E-state index is 10.6. The summed E-state index contributed by atoms with van der Waals surface area (Å²) in [7, 11) is -3.90. The Morgan fingerprint density at radius 2 is 1.85 bits per heavy atom. The second-order valence-electron chi connectivity index (χ2n) is 5.66. The molecule has 0 fully saturated rings. The van der Waals surface area contributed by atoms with Crippen molar-refractivity contribution >= 4 is 21.7 Å². The van der Waals surface area contributed by atoms with Crippen LogP contribution >= 0.6 is 11.6 Å². The molecule has 0 heterocycles. The number of unbranched alkanes of at least 4 members (excludes halogenated alkanes) is 1. The van der Waals surface area contributed by atoms with Crippen LogP contribution in [0.25, 0.3) is 0 Å². The van der Waals surface area contributed by atoms with Gasteiger partial charge in [-0.15, -0.1) is 0 Å². The number of hydrogen-bond donors (Lipinski definition) is 2. The van der Waals surface area contributed by atoms with Crippen LogP contribution in [-0.4, -0.2) is 23.8 Å². The number of aliphatic hydroxyl groups is 1. The van der Waals surface area contributed by atoms with E-state index in [9.17, 15) is 13.5 Å². The minimum atomic E-state index is -3.90. The van der Waals surface area contributed by atoms with E-state index >= 15 is 0 Å². The van der Waals surface area contributed by atoms with Gasteiger partial charge in [0.15, 0.2) is 0 Å². The molecule has 4 nitrogen and oxygen atoms in total. The second-order valence-corrected chi connectivity index (χ2v) is 7.64. The minimum Gasteiger partial charge on any atom is -0.388 e. The highest BCUT2D eigenvalue weighted by Crippen LogP contribution is 2.40. The molecule has 0 radical (unpaired) electrons. The van der Waals surface area contributed by atoms with Crippen molar-refractivity contribution in [2.75, 3.05) is 5.75 Å². The summed E-state index contributed by atoms with van der Waals surface area (Å²) in [6.45, 7) is 3.82. The van der Waals surface area contributed by atoms with Crippen molar-refractivity contribution in [2.24, 2.45) is 5.41 Å². The molecule has 6 heteroatoms. The average Bonchev–Trinajstić information content (AvgIpc) is 2.33. The van der Waals surface area contributed by atoms with Gasteiger partial charge in [-0.05, 0) is 29.9 Å². The molecule has 1 aromatic rings. The van der Waals surface area contributed by atoms with Crippen LogP contribution in [0.3, 0.4) is 0 Å². The van der Waals surface area contributed by atoms with E-state index in [4.69, 9.17) is 16.2 Å². The normalized spacial score (nSPS) is 14.2. The molecule has 0 aliphatic carbocycles. The van der Waals surface area contributed by atoms with E-state index in [1.165, 1.54) is 0 Å². The minimum absolute atomic E-state index is 0.245. The Labute approximate surface area is 125 Å². The summed E-state index contributed by atoms with van der Waals surface area (Å²) in [6.07, 6.45) is 0.891. The van der Waals surface area contributed by atoms with Crippen LogP contribution in [0, 0.1) is 5.41 Å². The van der Waals surface area contributed by atoms with Crippen molar-refractivity contribution in [3.05, 3.63) is 34.9 Å². The van der Waals surface area contributed by atoms with Crippen LogP contribution in [0.5, 0.6) is 0 Å². The average molecular weight is 321 g/mol. The maximum atomic E-state index is 10.6. The van der Waals surface area contributed by atoms with E-state index in [1.54, 1.807) is 18.2 Å². The topological polar surface area (TPSA) is 74.6 Å². The summed E-state index contributed by atoms with van der Waals surface area (Å²) < 4.78 is 30.0. The SMILES string of the molecule is CC(C)(CCCCS(=O)(=O)O)C(O)c1ccccc1Cl. The number of benzene rings is 1. The van der Waals surface area contributed by atoms with Gasteiger partial charge in [0.05, 0.1) is 11.9 Å². The number of hydrogen-bond acceptors (Lipinski definition) is 3. The van der Waals surface area contributed by atoms with Crippen LogP contribution in [0.1, 0.15) is 44.8 Å². The van der Waals surface area contributed by atoms with E-state index in [-0.39, 0.29) is 5.75 Å². The lowest BCUT2D eigenvalue weighted by Crippen LogP contribution is -2.22. The number of aliphatic hydroxyl groups excluding tert-OH is 1. The smallest absolute Gasteiger partial charge is 0.264 e. The summed E-state index contributed by atoms with van der Waals surface area (Å²) in [5.74, 6) is -0.245. The van der Waals surface area contributed by atoms with Gasteiger partial charge < -0.3 is 5.11 Å². The van der Waals surface area contributed by atoms with E-state index < -0.39 is 21.6 Å². The van der Waals surface area contributed by atoms with Crippen LogP contribution < -0.4 is 0 Å². The van der Waals surface area contributed by atoms with Gasteiger partial charge in [-0.1, -0.05) is 50.1 Å². The summed E-state index contributed by atoms with van der Waals surface area (Å²) in [4.78, 5) is 0. The van der Waals surface area contributed by atoms with Crippen molar-refractivity contribution in [1.82, 2.24) is 0 Å². The number of rotatable bonds is 7. The van der Waals surface area contributed by atoms with Gasteiger partial charge in [-0.25, -0.2) is 0 Å². The maximum Gasteiger partial charge on any atom is 0.264 e. The van der Waals surface area contributed by atoms with Gasteiger partial charge in [0.1, 0.15) is 0 Å². The molecule has 0 aliphatic rings. The van der Waals surface area contributed by atoms with Crippen molar-refractivity contribution in [1.29, 1.82) is 0 Å². The molecule has 0 spiro atoms. The fourth-order valence-corrected chi connectivity index (χ4v) is 2.93. The molecule has 114 valence electrons. The Hall–Kier alpha value is -0.620.